The number of halogens is 3. The number of aryl methyl sites for hydroxylation is 1. The van der Waals surface area contributed by atoms with Gasteiger partial charge in [-0.05, 0) is 106 Å². The lowest BCUT2D eigenvalue weighted by molar-refractivity contribution is -0.115. The van der Waals surface area contributed by atoms with E-state index in [2.05, 4.69) is 55.5 Å². The zero-order chi connectivity index (χ0) is 22.7. The number of hydrogen-bond acceptors (Lipinski definition) is 4. The number of ether oxygens (including phenoxy) is 1. The van der Waals surface area contributed by atoms with Crippen LogP contribution in [0.5, 0.6) is 5.75 Å². The summed E-state index contributed by atoms with van der Waals surface area (Å²) in [4.78, 5) is 17.5. The molecule has 1 heterocycles. The van der Waals surface area contributed by atoms with Gasteiger partial charge in [0.25, 0.3) is 5.91 Å². The normalized spacial score (nSPS) is 15.9. The monoisotopic (exact) mass is 670 g/mol. The molecule has 1 aliphatic heterocycles. The first-order valence-electron chi connectivity index (χ1n) is 9.60. The molecule has 0 spiro atoms. The second-order valence-corrected chi connectivity index (χ2v) is 10.4. The molecular weight excluding hydrogens is 653 g/mol. The van der Waals surface area contributed by atoms with Gasteiger partial charge in [0.1, 0.15) is 18.2 Å². The average molecular weight is 670 g/mol. The zero-order valence-electron chi connectivity index (χ0n) is 16.9. The molecule has 4 nitrogen and oxygen atoms in total. The van der Waals surface area contributed by atoms with Crippen molar-refractivity contribution in [2.45, 2.75) is 13.5 Å². The lowest BCUT2D eigenvalue weighted by Crippen LogP contribution is -2.19. The Morgan fingerprint density at radius 2 is 1.78 bits per heavy atom. The van der Waals surface area contributed by atoms with Crippen LogP contribution in [0.2, 0.25) is 0 Å². The highest BCUT2D eigenvalue weighted by Gasteiger charge is 2.24. The quantitative estimate of drug-likeness (QED) is 0.240. The fourth-order valence-electron chi connectivity index (χ4n) is 2.93. The van der Waals surface area contributed by atoms with E-state index in [0.717, 1.165) is 24.0 Å². The van der Waals surface area contributed by atoms with Gasteiger partial charge in [-0.2, -0.15) is 0 Å². The Bertz CT molecular complexity index is 1220. The Morgan fingerprint density at radius 1 is 1.09 bits per heavy atom. The molecule has 1 aliphatic rings. The van der Waals surface area contributed by atoms with Crippen molar-refractivity contribution in [3.8, 4) is 5.75 Å². The van der Waals surface area contributed by atoms with Crippen LogP contribution in [0.25, 0.3) is 6.08 Å². The maximum absolute atomic E-state index is 13.9. The first kappa shape index (κ1) is 23.2. The van der Waals surface area contributed by atoms with Crippen LogP contribution in [0.1, 0.15) is 16.7 Å². The largest absolute Gasteiger partial charge is 0.487 e. The van der Waals surface area contributed by atoms with Crippen molar-refractivity contribution in [2.75, 3.05) is 0 Å². The topological polar surface area (TPSA) is 50.7 Å². The van der Waals surface area contributed by atoms with Gasteiger partial charge in [0.15, 0.2) is 5.17 Å². The summed E-state index contributed by atoms with van der Waals surface area (Å²) in [7, 11) is 0. The summed E-state index contributed by atoms with van der Waals surface area (Å²) in [5, 5.41) is 3.37. The van der Waals surface area contributed by atoms with E-state index in [1.807, 2.05) is 49.4 Å². The van der Waals surface area contributed by atoms with Crippen molar-refractivity contribution in [1.29, 1.82) is 0 Å². The van der Waals surface area contributed by atoms with Crippen LogP contribution in [0.3, 0.4) is 0 Å². The van der Waals surface area contributed by atoms with E-state index in [-0.39, 0.29) is 18.3 Å². The smallest absolute Gasteiger partial charge is 0.264 e. The summed E-state index contributed by atoms with van der Waals surface area (Å²) in [5.74, 6) is 0.235. The Morgan fingerprint density at radius 3 is 2.47 bits per heavy atom. The predicted molar refractivity (Wildman–Crippen MR) is 145 cm³/mol. The van der Waals surface area contributed by atoms with Crippen molar-refractivity contribution in [1.82, 2.24) is 5.32 Å². The van der Waals surface area contributed by atoms with E-state index in [0.29, 0.717) is 21.4 Å². The van der Waals surface area contributed by atoms with Gasteiger partial charge in [-0.3, -0.25) is 4.79 Å². The third-order valence-corrected chi connectivity index (χ3v) is 7.08. The Kier molecular flexibility index (Phi) is 7.51. The minimum Gasteiger partial charge on any atom is -0.487 e. The Labute approximate surface area is 217 Å². The number of nitrogens with one attached hydrogen (secondary N) is 1. The van der Waals surface area contributed by atoms with Gasteiger partial charge in [0, 0.05) is 5.56 Å². The number of rotatable bonds is 5. The molecule has 8 heteroatoms. The molecule has 0 atom stereocenters. The van der Waals surface area contributed by atoms with E-state index >= 15 is 0 Å². The van der Waals surface area contributed by atoms with E-state index in [4.69, 9.17) is 4.74 Å². The molecule has 0 unspecified atom stereocenters. The summed E-state index contributed by atoms with van der Waals surface area (Å²) in [6, 6.07) is 18.3. The maximum Gasteiger partial charge on any atom is 0.264 e. The fourth-order valence-corrected chi connectivity index (χ4v) is 5.90. The SMILES string of the molecule is Cc1ccc(N=C2NC(=O)/C(=C\c3cc(I)c(OCc4ccccc4F)c(I)c3)S2)cc1. The molecule has 1 amide bonds. The number of amides is 1. The van der Waals surface area contributed by atoms with Gasteiger partial charge >= 0.3 is 0 Å². The number of nitrogens with zero attached hydrogens (tertiary/aromatic N) is 1. The summed E-state index contributed by atoms with van der Waals surface area (Å²) in [6.45, 7) is 2.17. The standard InChI is InChI=1S/C24H17FI2N2O2S/c1-14-6-8-17(9-7-14)28-24-29-23(30)21(32-24)12-15-10-19(26)22(20(27)11-15)31-13-16-4-2-3-5-18(16)25/h2-12H,13H2,1H3,(H,28,29,30)/b21-12+. The Hall–Kier alpha value is -1.92. The number of aliphatic imine (C=N–C) groups is 1. The summed E-state index contributed by atoms with van der Waals surface area (Å²) >= 11 is 5.70. The molecule has 0 aliphatic carbocycles. The van der Waals surface area contributed by atoms with Crippen molar-refractivity contribution in [3.63, 3.8) is 0 Å². The molecule has 3 aromatic carbocycles. The first-order chi connectivity index (χ1) is 15.4. The van der Waals surface area contributed by atoms with E-state index < -0.39 is 0 Å². The zero-order valence-corrected chi connectivity index (χ0v) is 22.0. The van der Waals surface area contributed by atoms with Crippen LogP contribution in [-0.4, -0.2) is 11.1 Å². The number of amidine groups is 1. The van der Waals surface area contributed by atoms with Crippen LogP contribution in [-0.2, 0) is 11.4 Å². The molecule has 0 radical (unpaired) electrons. The summed E-state index contributed by atoms with van der Waals surface area (Å²) < 4.78 is 21.5. The molecule has 1 N–H and O–H groups in total. The second-order valence-electron chi connectivity index (χ2n) is 7.01. The lowest BCUT2D eigenvalue weighted by Gasteiger charge is -2.12. The van der Waals surface area contributed by atoms with Gasteiger partial charge < -0.3 is 10.1 Å². The summed E-state index contributed by atoms with van der Waals surface area (Å²) in [6.07, 6.45) is 1.84. The number of thioether (sulfide) groups is 1. The Balaban J connectivity index is 1.51. The minimum atomic E-state index is -0.286. The van der Waals surface area contributed by atoms with Crippen LogP contribution < -0.4 is 10.1 Å². The lowest BCUT2D eigenvalue weighted by atomic mass is 10.2. The molecule has 0 bridgehead atoms. The fraction of sp³-hybridized carbons (Fsp3) is 0.0833. The van der Waals surface area contributed by atoms with E-state index in [1.165, 1.54) is 17.8 Å². The average Bonchev–Trinajstić information content (AvgIpc) is 3.09. The van der Waals surface area contributed by atoms with Crippen molar-refractivity contribution >= 4 is 79.8 Å². The molecule has 0 saturated carbocycles. The van der Waals surface area contributed by atoms with Crippen LogP contribution >= 0.6 is 56.9 Å². The van der Waals surface area contributed by atoms with Crippen molar-refractivity contribution in [2.24, 2.45) is 4.99 Å². The second kappa shape index (κ2) is 10.3. The molecule has 0 aromatic heterocycles. The van der Waals surface area contributed by atoms with Gasteiger partial charge in [-0.25, -0.2) is 9.38 Å². The highest BCUT2D eigenvalue weighted by molar-refractivity contribution is 14.1. The number of carbonyl (C=O) groups excluding carboxylic acids is 1. The van der Waals surface area contributed by atoms with Gasteiger partial charge in [-0.15, -0.1) is 0 Å². The van der Waals surface area contributed by atoms with E-state index in [1.54, 1.807) is 18.2 Å². The maximum atomic E-state index is 13.9. The van der Waals surface area contributed by atoms with Crippen molar-refractivity contribution < 1.29 is 13.9 Å². The molecule has 1 fully saturated rings. The first-order valence-corrected chi connectivity index (χ1v) is 12.6. The summed E-state index contributed by atoms with van der Waals surface area (Å²) in [5.41, 5.74) is 3.33. The third-order valence-electron chi connectivity index (χ3n) is 4.56. The van der Waals surface area contributed by atoms with Crippen LogP contribution in [0, 0.1) is 19.9 Å². The van der Waals surface area contributed by atoms with Gasteiger partial charge in [0.05, 0.1) is 17.7 Å². The molecular formula is C24H17FI2N2O2S. The molecule has 32 heavy (non-hydrogen) atoms. The van der Waals surface area contributed by atoms with Gasteiger partial charge in [-0.1, -0.05) is 35.9 Å². The third kappa shape index (κ3) is 5.70. The number of hydrogen-bond donors (Lipinski definition) is 1. The highest BCUT2D eigenvalue weighted by atomic mass is 127. The molecule has 3 aromatic rings. The van der Waals surface area contributed by atoms with Crippen LogP contribution in [0.4, 0.5) is 10.1 Å². The highest BCUT2D eigenvalue weighted by Crippen LogP contribution is 2.33. The molecule has 4 rings (SSSR count). The van der Waals surface area contributed by atoms with Gasteiger partial charge in [0.2, 0.25) is 0 Å². The number of carbonyl (C=O) groups is 1. The van der Waals surface area contributed by atoms with Crippen molar-refractivity contribution in [3.05, 3.63) is 95.2 Å². The molecule has 162 valence electrons. The molecule has 1 saturated heterocycles. The van der Waals surface area contributed by atoms with Crippen LogP contribution in [0.15, 0.2) is 70.6 Å². The van der Waals surface area contributed by atoms with E-state index in [9.17, 15) is 9.18 Å². The predicted octanol–water partition coefficient (Wildman–Crippen LogP) is 6.81. The minimum absolute atomic E-state index is 0.149. The number of benzene rings is 3.